The van der Waals surface area contributed by atoms with Gasteiger partial charge >= 0.3 is 0 Å². The van der Waals surface area contributed by atoms with Crippen molar-refractivity contribution in [2.45, 2.75) is 5.41 Å². The third kappa shape index (κ3) is 6.48. The standard InChI is InChI=1S/C71H47N/c1-4-18-48(19-5-1)51-36-42-56(43-37-51)72(57-44-38-52(39-45-57)49-20-6-2-7-21-49)58-46-40-53(41-47-58)50-32-34-55(35-33-50)68-67(54-22-8-3-9-23-54)61-26-10-11-27-62(61)70-69(68)63-28-14-17-31-66(63)71(70)64-29-15-12-24-59(64)60-25-13-16-30-65(60)71/h1-47H. The molecule has 0 atom stereocenters. The monoisotopic (exact) mass is 913 g/mol. The molecular formula is C71H47N. The molecule has 2 aliphatic carbocycles. The van der Waals surface area contributed by atoms with E-state index in [1.807, 2.05) is 0 Å². The van der Waals surface area contributed by atoms with Crippen LogP contribution < -0.4 is 4.90 Å². The number of anilines is 3. The molecule has 14 rings (SSSR count). The number of nitrogens with zero attached hydrogens (tertiary/aromatic N) is 1. The number of hydrogen-bond donors (Lipinski definition) is 0. The molecule has 0 bridgehead atoms. The molecule has 336 valence electrons. The molecule has 72 heavy (non-hydrogen) atoms. The highest BCUT2D eigenvalue weighted by Gasteiger charge is 2.53. The molecule has 0 saturated heterocycles. The Hall–Kier alpha value is -9.30. The second-order valence-electron chi connectivity index (χ2n) is 19.1. The summed E-state index contributed by atoms with van der Waals surface area (Å²) in [6.45, 7) is 0. The summed E-state index contributed by atoms with van der Waals surface area (Å²) in [7, 11) is 0. The molecule has 0 saturated carbocycles. The number of rotatable bonds is 8. The molecule has 0 radical (unpaired) electrons. The van der Waals surface area contributed by atoms with Crippen molar-refractivity contribution in [3.05, 3.63) is 307 Å². The zero-order valence-electron chi connectivity index (χ0n) is 39.6. The van der Waals surface area contributed by atoms with Gasteiger partial charge in [0.15, 0.2) is 0 Å². The Balaban J connectivity index is 0.905. The minimum absolute atomic E-state index is 0.480. The van der Waals surface area contributed by atoms with Gasteiger partial charge in [-0.05, 0) is 147 Å². The topological polar surface area (TPSA) is 3.24 Å². The predicted molar refractivity (Wildman–Crippen MR) is 302 cm³/mol. The Kier molecular flexibility index (Phi) is 9.82. The molecule has 1 spiro atoms. The van der Waals surface area contributed by atoms with E-state index in [-0.39, 0.29) is 0 Å². The summed E-state index contributed by atoms with van der Waals surface area (Å²) < 4.78 is 0. The Morgan fingerprint density at radius 3 is 0.972 bits per heavy atom. The first-order valence-electron chi connectivity index (χ1n) is 25.0. The number of fused-ring (bicyclic) bond motifs is 12. The van der Waals surface area contributed by atoms with E-state index in [1.54, 1.807) is 0 Å². The van der Waals surface area contributed by atoms with Gasteiger partial charge in [0.25, 0.3) is 0 Å². The lowest BCUT2D eigenvalue weighted by atomic mass is 9.68. The molecule has 0 fully saturated rings. The first-order valence-corrected chi connectivity index (χ1v) is 25.0. The summed E-state index contributed by atoms with van der Waals surface area (Å²) in [6, 6.07) is 105. The van der Waals surface area contributed by atoms with E-state index >= 15 is 0 Å². The van der Waals surface area contributed by atoms with Crippen molar-refractivity contribution < 1.29 is 0 Å². The molecule has 0 aromatic heterocycles. The van der Waals surface area contributed by atoms with E-state index in [2.05, 4.69) is 290 Å². The lowest BCUT2D eigenvalue weighted by Crippen LogP contribution is -2.26. The van der Waals surface area contributed by atoms with Crippen LogP contribution in [-0.4, -0.2) is 0 Å². The van der Waals surface area contributed by atoms with Crippen LogP contribution in [0.25, 0.3) is 88.7 Å². The van der Waals surface area contributed by atoms with Crippen molar-refractivity contribution in [3.63, 3.8) is 0 Å². The summed E-state index contributed by atoms with van der Waals surface area (Å²) >= 11 is 0. The van der Waals surface area contributed by atoms with E-state index in [4.69, 9.17) is 0 Å². The van der Waals surface area contributed by atoms with Crippen LogP contribution in [0, 0.1) is 0 Å². The van der Waals surface area contributed by atoms with Crippen LogP contribution in [0.3, 0.4) is 0 Å². The molecule has 12 aromatic carbocycles. The van der Waals surface area contributed by atoms with Gasteiger partial charge in [-0.25, -0.2) is 0 Å². The maximum atomic E-state index is 2.39. The average Bonchev–Trinajstić information content (AvgIpc) is 3.94. The van der Waals surface area contributed by atoms with Crippen molar-refractivity contribution in [1.29, 1.82) is 0 Å². The number of hydrogen-bond acceptors (Lipinski definition) is 1. The molecule has 0 aliphatic heterocycles. The number of benzene rings is 12. The Bertz CT molecular complexity index is 3840. The minimum Gasteiger partial charge on any atom is -0.311 e. The average molecular weight is 914 g/mol. The van der Waals surface area contributed by atoms with Gasteiger partial charge in [-0.1, -0.05) is 249 Å². The van der Waals surface area contributed by atoms with Crippen molar-refractivity contribution in [3.8, 4) is 77.9 Å². The SMILES string of the molecule is c1ccc(-c2ccc(N(c3ccc(-c4ccccc4)cc3)c3ccc(-c4ccc(-c5c6c(c7ccccc7c5-c5ccccc5)C5(c7ccccc7-c7ccccc75)c5ccccc5-6)cc4)cc3)cc2)cc1. The van der Waals surface area contributed by atoms with Crippen molar-refractivity contribution in [1.82, 2.24) is 0 Å². The largest absolute Gasteiger partial charge is 0.311 e. The van der Waals surface area contributed by atoms with Crippen molar-refractivity contribution in [2.24, 2.45) is 0 Å². The predicted octanol–water partition coefficient (Wildman–Crippen LogP) is 19.0. The molecule has 1 nitrogen and oxygen atoms in total. The van der Waals surface area contributed by atoms with Gasteiger partial charge in [0, 0.05) is 17.1 Å². The quantitative estimate of drug-likeness (QED) is 0.147. The Morgan fingerprint density at radius 2 is 0.514 bits per heavy atom. The zero-order valence-corrected chi connectivity index (χ0v) is 39.6. The van der Waals surface area contributed by atoms with Crippen LogP contribution in [0.15, 0.2) is 285 Å². The maximum Gasteiger partial charge on any atom is 0.0731 e. The highest BCUT2D eigenvalue weighted by atomic mass is 15.1. The molecular weight excluding hydrogens is 867 g/mol. The van der Waals surface area contributed by atoms with Gasteiger partial charge in [0.1, 0.15) is 0 Å². The van der Waals surface area contributed by atoms with E-state index in [1.165, 1.54) is 111 Å². The van der Waals surface area contributed by atoms with Crippen LogP contribution >= 0.6 is 0 Å². The molecule has 1 heteroatoms. The Labute approximate surface area is 421 Å². The first-order chi connectivity index (χ1) is 35.7. The van der Waals surface area contributed by atoms with E-state index < -0.39 is 5.41 Å². The lowest BCUT2D eigenvalue weighted by molar-refractivity contribution is 0.801. The molecule has 2 aliphatic rings. The molecule has 0 unspecified atom stereocenters. The summed E-state index contributed by atoms with van der Waals surface area (Å²) in [4.78, 5) is 2.35. The third-order valence-electron chi connectivity index (χ3n) is 15.3. The summed E-state index contributed by atoms with van der Waals surface area (Å²) in [5.74, 6) is 0. The van der Waals surface area contributed by atoms with Gasteiger partial charge in [-0.3, -0.25) is 0 Å². The summed E-state index contributed by atoms with van der Waals surface area (Å²) in [5.41, 5.74) is 25.6. The van der Waals surface area contributed by atoms with Gasteiger partial charge < -0.3 is 4.90 Å². The second-order valence-corrected chi connectivity index (χ2v) is 19.1. The highest BCUT2D eigenvalue weighted by Crippen LogP contribution is 2.66. The van der Waals surface area contributed by atoms with Crippen molar-refractivity contribution >= 4 is 27.8 Å². The van der Waals surface area contributed by atoms with Crippen LogP contribution in [0.1, 0.15) is 22.3 Å². The maximum absolute atomic E-state index is 2.39. The summed E-state index contributed by atoms with van der Waals surface area (Å²) in [5, 5.41) is 2.56. The minimum atomic E-state index is -0.480. The second kappa shape index (κ2) is 17.0. The smallest absolute Gasteiger partial charge is 0.0731 e. The fourth-order valence-corrected chi connectivity index (χ4v) is 12.2. The zero-order chi connectivity index (χ0) is 47.6. The van der Waals surface area contributed by atoms with E-state index in [0.29, 0.717) is 0 Å². The fraction of sp³-hybridized carbons (Fsp3) is 0.0141. The molecule has 0 N–H and O–H groups in total. The van der Waals surface area contributed by atoms with Crippen LogP contribution in [0.5, 0.6) is 0 Å². The van der Waals surface area contributed by atoms with Crippen LogP contribution in [-0.2, 0) is 5.41 Å². The molecule has 0 heterocycles. The van der Waals surface area contributed by atoms with Crippen LogP contribution in [0.2, 0.25) is 0 Å². The molecule has 0 amide bonds. The van der Waals surface area contributed by atoms with Crippen LogP contribution in [0.4, 0.5) is 17.1 Å². The van der Waals surface area contributed by atoms with E-state index in [0.717, 1.165) is 17.1 Å². The normalized spacial score (nSPS) is 12.6. The fourth-order valence-electron chi connectivity index (χ4n) is 12.2. The van der Waals surface area contributed by atoms with Gasteiger partial charge in [0.05, 0.1) is 5.41 Å². The summed E-state index contributed by atoms with van der Waals surface area (Å²) in [6.07, 6.45) is 0. The highest BCUT2D eigenvalue weighted by molar-refractivity contribution is 6.16. The lowest BCUT2D eigenvalue weighted by Gasteiger charge is -2.32. The van der Waals surface area contributed by atoms with Gasteiger partial charge in [0.2, 0.25) is 0 Å². The first kappa shape index (κ1) is 41.7. The van der Waals surface area contributed by atoms with E-state index in [9.17, 15) is 0 Å². The van der Waals surface area contributed by atoms with Crippen molar-refractivity contribution in [2.75, 3.05) is 4.90 Å². The van der Waals surface area contributed by atoms with Gasteiger partial charge in [-0.15, -0.1) is 0 Å². The Morgan fingerprint density at radius 1 is 0.208 bits per heavy atom. The molecule has 12 aromatic rings. The third-order valence-corrected chi connectivity index (χ3v) is 15.3. The van der Waals surface area contributed by atoms with Gasteiger partial charge in [-0.2, -0.15) is 0 Å².